The molecule has 0 heterocycles. The lowest BCUT2D eigenvalue weighted by molar-refractivity contribution is 0.186. The van der Waals surface area contributed by atoms with Crippen LogP contribution in [-0.4, -0.2) is 6.61 Å². The van der Waals surface area contributed by atoms with Crippen LogP contribution in [-0.2, 0) is 5.11 Å². The van der Waals surface area contributed by atoms with Crippen molar-refractivity contribution in [1.82, 2.24) is 0 Å². The normalized spacial score (nSPS) is 11.0. The van der Waals surface area contributed by atoms with Crippen LogP contribution in [0.3, 0.4) is 0 Å². The Balaban J connectivity index is 2.83. The highest BCUT2D eigenvalue weighted by Crippen LogP contribution is 2.00. The first-order valence-electron chi connectivity index (χ1n) is 4.15. The third-order valence-electron chi connectivity index (χ3n) is 1.42. The predicted octanol–water partition coefficient (Wildman–Crippen LogP) is 2.94. The van der Waals surface area contributed by atoms with E-state index in [-0.39, 0.29) is 6.61 Å². The summed E-state index contributed by atoms with van der Waals surface area (Å²) < 4.78 is 0. The van der Waals surface area contributed by atoms with E-state index in [9.17, 15) is 5.11 Å². The lowest BCUT2D eigenvalue weighted by Gasteiger charge is -1.91. The summed E-state index contributed by atoms with van der Waals surface area (Å²) in [6.07, 6.45) is 9.77. The Labute approximate surface area is 63.8 Å². The van der Waals surface area contributed by atoms with Crippen LogP contribution in [0.1, 0.15) is 39.0 Å². The number of allylic oxidation sites excluding steroid dienone is 2. The van der Waals surface area contributed by atoms with Crippen molar-refractivity contribution < 1.29 is 5.11 Å². The molecule has 0 N–H and O–H groups in total. The van der Waals surface area contributed by atoms with E-state index in [0.29, 0.717) is 0 Å². The molecule has 1 heteroatoms. The first kappa shape index (κ1) is 9.70. The molecule has 0 aliphatic heterocycles. The first-order chi connectivity index (χ1) is 4.91. The van der Waals surface area contributed by atoms with Crippen LogP contribution >= 0.6 is 0 Å². The fraction of sp³-hybridized carbons (Fsp3) is 0.778. The minimum atomic E-state index is 0.0947. The van der Waals surface area contributed by atoms with E-state index < -0.39 is 0 Å². The van der Waals surface area contributed by atoms with E-state index in [0.717, 1.165) is 25.7 Å². The van der Waals surface area contributed by atoms with E-state index in [4.69, 9.17) is 0 Å². The van der Waals surface area contributed by atoms with Crippen molar-refractivity contribution in [3.8, 4) is 0 Å². The van der Waals surface area contributed by atoms with E-state index in [2.05, 4.69) is 19.1 Å². The van der Waals surface area contributed by atoms with Gasteiger partial charge in [-0.05, 0) is 25.7 Å². The predicted molar refractivity (Wildman–Crippen MR) is 43.5 cm³/mol. The molecule has 0 spiro atoms. The van der Waals surface area contributed by atoms with E-state index >= 15 is 0 Å². The lowest BCUT2D eigenvalue weighted by Crippen LogP contribution is -1.79. The molecule has 59 valence electrons. The molecule has 0 saturated carbocycles. The molecule has 0 amide bonds. The average molecular weight is 141 g/mol. The molecule has 0 aliphatic carbocycles. The molecule has 0 fully saturated rings. The Kier molecular flexibility index (Phi) is 8.44. The van der Waals surface area contributed by atoms with Gasteiger partial charge in [-0.1, -0.05) is 25.5 Å². The summed E-state index contributed by atoms with van der Waals surface area (Å²) in [6.45, 7) is 2.23. The van der Waals surface area contributed by atoms with E-state index in [1.54, 1.807) is 0 Å². The van der Waals surface area contributed by atoms with Gasteiger partial charge in [-0.2, -0.15) is 0 Å². The quantitative estimate of drug-likeness (QED) is 0.400. The van der Waals surface area contributed by atoms with E-state index in [1.807, 2.05) is 0 Å². The summed E-state index contributed by atoms with van der Waals surface area (Å²) in [5.74, 6) is 0. The van der Waals surface area contributed by atoms with Crippen LogP contribution in [0.15, 0.2) is 12.2 Å². The second kappa shape index (κ2) is 8.70. The fourth-order valence-corrected chi connectivity index (χ4v) is 0.826. The van der Waals surface area contributed by atoms with Crippen LogP contribution in [0, 0.1) is 0 Å². The van der Waals surface area contributed by atoms with Gasteiger partial charge in [-0.15, -0.1) is 0 Å². The maximum absolute atomic E-state index is 10.0. The zero-order valence-electron chi connectivity index (χ0n) is 6.81. The Bertz CT molecular complexity index is 76.8. The van der Waals surface area contributed by atoms with Gasteiger partial charge >= 0.3 is 0 Å². The monoisotopic (exact) mass is 141 g/mol. The topological polar surface area (TPSA) is 19.9 Å². The highest BCUT2D eigenvalue weighted by molar-refractivity contribution is 4.79. The molecule has 0 atom stereocenters. The van der Waals surface area contributed by atoms with Crippen molar-refractivity contribution >= 4 is 0 Å². The van der Waals surface area contributed by atoms with Crippen LogP contribution < -0.4 is 0 Å². The van der Waals surface area contributed by atoms with Crippen LogP contribution in [0.5, 0.6) is 0 Å². The highest BCUT2D eigenvalue weighted by Gasteiger charge is 1.84. The molecule has 0 rings (SSSR count). The van der Waals surface area contributed by atoms with E-state index in [1.165, 1.54) is 6.42 Å². The largest absolute Gasteiger partial charge is 0.237 e. The number of unbranched alkanes of at least 4 members (excludes halogenated alkanes) is 3. The Morgan fingerprint density at radius 1 is 1.10 bits per heavy atom. The van der Waals surface area contributed by atoms with Gasteiger partial charge in [-0.25, -0.2) is 5.11 Å². The molecular weight excluding hydrogens is 124 g/mol. The lowest BCUT2D eigenvalue weighted by atomic mass is 10.2. The fourth-order valence-electron chi connectivity index (χ4n) is 0.826. The van der Waals surface area contributed by atoms with Gasteiger partial charge in [0.05, 0.1) is 6.61 Å². The minimum Gasteiger partial charge on any atom is -0.237 e. The highest BCUT2D eigenvalue weighted by atomic mass is 16.2. The Morgan fingerprint density at radius 2 is 1.90 bits per heavy atom. The van der Waals surface area contributed by atoms with Crippen molar-refractivity contribution in [2.24, 2.45) is 0 Å². The third-order valence-corrected chi connectivity index (χ3v) is 1.42. The summed E-state index contributed by atoms with van der Waals surface area (Å²) in [5, 5.41) is 10.0. The molecule has 0 aromatic rings. The number of hydrogen-bond acceptors (Lipinski definition) is 0. The van der Waals surface area contributed by atoms with Crippen molar-refractivity contribution in [3.05, 3.63) is 12.2 Å². The van der Waals surface area contributed by atoms with Crippen LogP contribution in [0.2, 0.25) is 0 Å². The maximum Gasteiger partial charge on any atom is 0.0822 e. The van der Waals surface area contributed by atoms with Crippen molar-refractivity contribution in [1.29, 1.82) is 0 Å². The first-order valence-corrected chi connectivity index (χ1v) is 4.15. The summed E-state index contributed by atoms with van der Waals surface area (Å²) >= 11 is 0. The molecular formula is C9H17O. The van der Waals surface area contributed by atoms with Crippen molar-refractivity contribution in [3.63, 3.8) is 0 Å². The number of hydrogen-bond donors (Lipinski definition) is 0. The van der Waals surface area contributed by atoms with Gasteiger partial charge in [0.25, 0.3) is 0 Å². The van der Waals surface area contributed by atoms with Gasteiger partial charge in [0, 0.05) is 0 Å². The zero-order valence-corrected chi connectivity index (χ0v) is 6.81. The van der Waals surface area contributed by atoms with Crippen LogP contribution in [0.25, 0.3) is 0 Å². The smallest absolute Gasteiger partial charge is 0.0822 e. The molecule has 0 saturated heterocycles. The van der Waals surface area contributed by atoms with Gasteiger partial charge in [-0.3, -0.25) is 0 Å². The summed E-state index contributed by atoms with van der Waals surface area (Å²) in [7, 11) is 0. The van der Waals surface area contributed by atoms with Crippen molar-refractivity contribution in [2.75, 3.05) is 6.61 Å². The number of rotatable bonds is 6. The summed E-state index contributed by atoms with van der Waals surface area (Å²) in [6, 6.07) is 0. The molecule has 0 aliphatic rings. The molecule has 0 bridgehead atoms. The second-order valence-electron chi connectivity index (χ2n) is 2.43. The van der Waals surface area contributed by atoms with Gasteiger partial charge < -0.3 is 0 Å². The Morgan fingerprint density at radius 3 is 2.50 bits per heavy atom. The summed E-state index contributed by atoms with van der Waals surface area (Å²) in [5.41, 5.74) is 0. The Hall–Kier alpha value is -0.300. The molecule has 0 unspecified atom stereocenters. The molecule has 1 nitrogen and oxygen atoms in total. The van der Waals surface area contributed by atoms with Crippen LogP contribution in [0.4, 0.5) is 0 Å². The van der Waals surface area contributed by atoms with Gasteiger partial charge in [0.15, 0.2) is 0 Å². The minimum absolute atomic E-state index is 0.0947. The van der Waals surface area contributed by atoms with Crippen molar-refractivity contribution in [2.45, 2.75) is 39.0 Å². The van der Waals surface area contributed by atoms with Gasteiger partial charge in [0.2, 0.25) is 0 Å². The second-order valence-corrected chi connectivity index (χ2v) is 2.43. The molecule has 1 radical (unpaired) electrons. The third kappa shape index (κ3) is 7.70. The summed E-state index contributed by atoms with van der Waals surface area (Å²) in [4.78, 5) is 0. The molecule has 10 heavy (non-hydrogen) atoms. The molecule has 0 aromatic carbocycles. The SMILES string of the molecule is CCC=CCCCCC[O]. The maximum atomic E-state index is 10.0. The standard InChI is InChI=1S/C9H17O/c1-2-3-4-5-6-7-8-9-10/h3-4H,2,5-9H2,1H3. The zero-order chi connectivity index (χ0) is 7.66. The average Bonchev–Trinajstić information content (AvgIpc) is 1.97. The van der Waals surface area contributed by atoms with Gasteiger partial charge in [0.1, 0.15) is 0 Å². The molecule has 0 aromatic heterocycles.